The van der Waals surface area contributed by atoms with E-state index in [1.165, 1.54) is 0 Å². The first-order chi connectivity index (χ1) is 8.34. The maximum atomic E-state index is 11.6. The molecule has 2 heterocycles. The summed E-state index contributed by atoms with van der Waals surface area (Å²) >= 11 is 3.21. The SMILES string of the molecule is O=C(CSc1cccs1)NCc1ccccn1. The van der Waals surface area contributed by atoms with Gasteiger partial charge in [-0.2, -0.15) is 0 Å². The summed E-state index contributed by atoms with van der Waals surface area (Å²) in [5.41, 5.74) is 0.877. The Balaban J connectivity index is 1.71. The Labute approximate surface area is 108 Å². The highest BCUT2D eigenvalue weighted by Gasteiger charge is 2.03. The number of carbonyl (C=O) groups is 1. The number of carbonyl (C=O) groups excluding carboxylic acids is 1. The molecule has 0 saturated heterocycles. The first-order valence-corrected chi connectivity index (χ1v) is 7.04. The van der Waals surface area contributed by atoms with Gasteiger partial charge in [0.1, 0.15) is 0 Å². The Bertz CT molecular complexity index is 457. The van der Waals surface area contributed by atoms with Gasteiger partial charge in [0.2, 0.25) is 5.91 Å². The van der Waals surface area contributed by atoms with Gasteiger partial charge in [-0.25, -0.2) is 0 Å². The van der Waals surface area contributed by atoms with E-state index < -0.39 is 0 Å². The minimum absolute atomic E-state index is 0.0362. The van der Waals surface area contributed by atoms with Crippen LogP contribution in [-0.2, 0) is 11.3 Å². The molecule has 2 aromatic rings. The predicted molar refractivity (Wildman–Crippen MR) is 71.1 cm³/mol. The van der Waals surface area contributed by atoms with Crippen LogP contribution in [0.4, 0.5) is 0 Å². The van der Waals surface area contributed by atoms with Crippen LogP contribution in [-0.4, -0.2) is 16.6 Å². The van der Waals surface area contributed by atoms with Crippen LogP contribution in [0.15, 0.2) is 46.1 Å². The number of nitrogens with zero attached hydrogens (tertiary/aromatic N) is 1. The maximum absolute atomic E-state index is 11.6. The number of hydrogen-bond donors (Lipinski definition) is 1. The predicted octanol–water partition coefficient (Wildman–Crippen LogP) is 2.55. The summed E-state index contributed by atoms with van der Waals surface area (Å²) in [6, 6.07) is 9.67. The molecule has 0 atom stereocenters. The second-order valence-electron chi connectivity index (χ2n) is 3.32. The largest absolute Gasteiger partial charge is 0.350 e. The summed E-state index contributed by atoms with van der Waals surface area (Å²) in [7, 11) is 0. The van der Waals surface area contributed by atoms with Crippen molar-refractivity contribution in [2.24, 2.45) is 0 Å². The summed E-state index contributed by atoms with van der Waals surface area (Å²) in [6.07, 6.45) is 1.72. The molecule has 17 heavy (non-hydrogen) atoms. The number of thiophene rings is 1. The Morgan fingerprint density at radius 2 is 2.29 bits per heavy atom. The molecule has 1 N–H and O–H groups in total. The lowest BCUT2D eigenvalue weighted by Crippen LogP contribution is -2.24. The van der Waals surface area contributed by atoms with Crippen LogP contribution < -0.4 is 5.32 Å². The van der Waals surface area contributed by atoms with E-state index in [1.807, 2.05) is 35.7 Å². The molecular weight excluding hydrogens is 252 g/mol. The normalized spacial score (nSPS) is 10.1. The Morgan fingerprint density at radius 1 is 1.35 bits per heavy atom. The second kappa shape index (κ2) is 6.42. The average Bonchev–Trinajstić information content (AvgIpc) is 2.88. The van der Waals surface area contributed by atoms with Crippen molar-refractivity contribution in [1.29, 1.82) is 0 Å². The fourth-order valence-corrected chi connectivity index (χ4v) is 2.84. The van der Waals surface area contributed by atoms with E-state index >= 15 is 0 Å². The first-order valence-electron chi connectivity index (χ1n) is 5.17. The summed E-state index contributed by atoms with van der Waals surface area (Å²) in [5.74, 6) is 0.488. The number of pyridine rings is 1. The van der Waals surface area contributed by atoms with Gasteiger partial charge in [0.25, 0.3) is 0 Å². The van der Waals surface area contributed by atoms with Gasteiger partial charge in [-0.1, -0.05) is 12.1 Å². The Morgan fingerprint density at radius 3 is 3.00 bits per heavy atom. The zero-order valence-electron chi connectivity index (χ0n) is 9.13. The lowest BCUT2D eigenvalue weighted by molar-refractivity contribution is -0.118. The van der Waals surface area contributed by atoms with Crippen molar-refractivity contribution in [2.75, 3.05) is 5.75 Å². The summed E-state index contributed by atoms with van der Waals surface area (Å²) in [5, 5.41) is 4.85. The van der Waals surface area contributed by atoms with Gasteiger partial charge in [0, 0.05) is 6.20 Å². The van der Waals surface area contributed by atoms with E-state index in [1.54, 1.807) is 29.3 Å². The zero-order valence-corrected chi connectivity index (χ0v) is 10.8. The molecule has 0 aromatic carbocycles. The molecule has 88 valence electrons. The van der Waals surface area contributed by atoms with Crippen molar-refractivity contribution in [2.45, 2.75) is 10.8 Å². The molecule has 1 amide bonds. The molecule has 2 rings (SSSR count). The smallest absolute Gasteiger partial charge is 0.230 e. The van der Waals surface area contributed by atoms with Crippen LogP contribution in [0.25, 0.3) is 0 Å². The molecule has 0 spiro atoms. The molecular formula is C12H12N2OS2. The van der Waals surface area contributed by atoms with E-state index in [0.29, 0.717) is 12.3 Å². The van der Waals surface area contributed by atoms with Crippen molar-refractivity contribution in [3.8, 4) is 0 Å². The van der Waals surface area contributed by atoms with Crippen molar-refractivity contribution in [3.63, 3.8) is 0 Å². The standard InChI is InChI=1S/C12H12N2OS2/c15-11(9-17-12-5-3-7-16-12)14-8-10-4-1-2-6-13-10/h1-7H,8-9H2,(H,14,15). The van der Waals surface area contributed by atoms with Crippen LogP contribution >= 0.6 is 23.1 Å². The summed E-state index contributed by atoms with van der Waals surface area (Å²) in [6.45, 7) is 0.491. The average molecular weight is 264 g/mol. The van der Waals surface area contributed by atoms with Gasteiger partial charge in [-0.15, -0.1) is 23.1 Å². The zero-order chi connectivity index (χ0) is 11.9. The topological polar surface area (TPSA) is 42.0 Å². The third-order valence-corrected chi connectivity index (χ3v) is 4.16. The van der Waals surface area contributed by atoms with E-state index in [0.717, 1.165) is 9.90 Å². The van der Waals surface area contributed by atoms with Gasteiger partial charge in [0.05, 0.1) is 22.2 Å². The fourth-order valence-electron chi connectivity index (χ4n) is 1.23. The minimum atomic E-state index is 0.0362. The van der Waals surface area contributed by atoms with Crippen molar-refractivity contribution < 1.29 is 4.79 Å². The summed E-state index contributed by atoms with van der Waals surface area (Å²) < 4.78 is 1.16. The Hall–Kier alpha value is -1.33. The number of nitrogens with one attached hydrogen (secondary N) is 1. The number of rotatable bonds is 5. The lowest BCUT2D eigenvalue weighted by Gasteiger charge is -2.03. The highest BCUT2D eigenvalue weighted by atomic mass is 32.2. The van der Waals surface area contributed by atoms with Crippen LogP contribution in [0.3, 0.4) is 0 Å². The molecule has 0 radical (unpaired) electrons. The summed E-state index contributed by atoms with van der Waals surface area (Å²) in [4.78, 5) is 15.7. The van der Waals surface area contributed by atoms with Gasteiger partial charge in [-0.3, -0.25) is 9.78 Å². The van der Waals surface area contributed by atoms with E-state index in [2.05, 4.69) is 10.3 Å². The van der Waals surface area contributed by atoms with Crippen molar-refractivity contribution in [3.05, 3.63) is 47.6 Å². The number of hydrogen-bond acceptors (Lipinski definition) is 4. The molecule has 0 aliphatic rings. The highest BCUT2D eigenvalue weighted by molar-refractivity contribution is 8.01. The third kappa shape index (κ3) is 4.20. The van der Waals surface area contributed by atoms with Crippen LogP contribution in [0.5, 0.6) is 0 Å². The molecule has 0 unspecified atom stereocenters. The molecule has 2 aromatic heterocycles. The molecule has 0 saturated carbocycles. The molecule has 0 aliphatic carbocycles. The molecule has 0 aliphatic heterocycles. The van der Waals surface area contributed by atoms with Crippen LogP contribution in [0.1, 0.15) is 5.69 Å². The van der Waals surface area contributed by atoms with Crippen molar-refractivity contribution in [1.82, 2.24) is 10.3 Å². The molecule has 0 bridgehead atoms. The second-order valence-corrected chi connectivity index (χ2v) is 5.54. The first kappa shape index (κ1) is 12.1. The quantitative estimate of drug-likeness (QED) is 0.844. The third-order valence-electron chi connectivity index (χ3n) is 2.03. The van der Waals surface area contributed by atoms with E-state index in [4.69, 9.17) is 0 Å². The maximum Gasteiger partial charge on any atom is 0.230 e. The van der Waals surface area contributed by atoms with Gasteiger partial charge < -0.3 is 5.32 Å². The molecule has 5 heteroatoms. The van der Waals surface area contributed by atoms with Gasteiger partial charge in [-0.05, 0) is 23.6 Å². The minimum Gasteiger partial charge on any atom is -0.350 e. The fraction of sp³-hybridized carbons (Fsp3) is 0.167. The van der Waals surface area contributed by atoms with E-state index in [-0.39, 0.29) is 5.91 Å². The lowest BCUT2D eigenvalue weighted by atomic mass is 10.3. The number of aromatic nitrogens is 1. The number of thioether (sulfide) groups is 1. The van der Waals surface area contributed by atoms with Gasteiger partial charge in [0.15, 0.2) is 0 Å². The van der Waals surface area contributed by atoms with Crippen LogP contribution in [0.2, 0.25) is 0 Å². The molecule has 0 fully saturated rings. The monoisotopic (exact) mass is 264 g/mol. The van der Waals surface area contributed by atoms with Crippen LogP contribution in [0, 0.1) is 0 Å². The van der Waals surface area contributed by atoms with E-state index in [9.17, 15) is 4.79 Å². The Kier molecular flexibility index (Phi) is 4.58. The van der Waals surface area contributed by atoms with Crippen molar-refractivity contribution >= 4 is 29.0 Å². The van der Waals surface area contributed by atoms with Gasteiger partial charge >= 0.3 is 0 Å². The number of amides is 1. The molecule has 3 nitrogen and oxygen atoms in total. The highest BCUT2D eigenvalue weighted by Crippen LogP contribution is 2.22.